The average molecular weight is 394 g/mol. The van der Waals surface area contributed by atoms with Crippen molar-refractivity contribution in [1.29, 1.82) is 0 Å². The van der Waals surface area contributed by atoms with Crippen LogP contribution >= 0.6 is 0 Å². The number of nitrogens with two attached hydrogens (primary N) is 1. The van der Waals surface area contributed by atoms with Crippen molar-refractivity contribution >= 4 is 29.7 Å². The Labute approximate surface area is 161 Å². The first-order valence-electron chi connectivity index (χ1n) is 8.16. The van der Waals surface area contributed by atoms with Crippen molar-refractivity contribution in [3.05, 3.63) is 29.8 Å². The van der Waals surface area contributed by atoms with Crippen LogP contribution in [0.2, 0.25) is 0 Å². The zero-order chi connectivity index (χ0) is 21.4. The molecule has 2 atom stereocenters. The summed E-state index contributed by atoms with van der Waals surface area (Å²) in [4.78, 5) is 59.3. The third-order valence-corrected chi connectivity index (χ3v) is 3.91. The quantitative estimate of drug-likeness (QED) is 0.349. The molecular formula is C18H22N2O8. The summed E-state index contributed by atoms with van der Waals surface area (Å²) in [5.41, 5.74) is 5.43. The van der Waals surface area contributed by atoms with Gasteiger partial charge in [0.1, 0.15) is 11.8 Å². The predicted octanol–water partition coefficient (Wildman–Crippen LogP) is -0.206. The van der Waals surface area contributed by atoms with Gasteiger partial charge in [-0.1, -0.05) is 13.0 Å². The standard InChI is InChI=1S/C18H22N2O8/c1-9(13(17(24)26-3)18(25)27-4)14(15(19)22)20-16(23)11-6-5-7-12(8-11)28-10(2)21/h5-9,13-14H,1-4H3,(H2,19,22)(H,20,23)/t9-,14+/m0/s1. The van der Waals surface area contributed by atoms with E-state index in [4.69, 9.17) is 10.5 Å². The molecule has 10 heteroatoms. The molecule has 0 saturated carbocycles. The van der Waals surface area contributed by atoms with Crippen LogP contribution in [0, 0.1) is 11.8 Å². The molecule has 0 bridgehead atoms. The monoisotopic (exact) mass is 394 g/mol. The molecule has 0 heterocycles. The fourth-order valence-corrected chi connectivity index (χ4v) is 2.52. The lowest BCUT2D eigenvalue weighted by Crippen LogP contribution is -2.52. The number of esters is 3. The number of carbonyl (C=O) groups excluding carboxylic acids is 5. The number of amides is 2. The van der Waals surface area contributed by atoms with Gasteiger partial charge in [0.05, 0.1) is 14.2 Å². The Morgan fingerprint density at radius 2 is 1.61 bits per heavy atom. The highest BCUT2D eigenvalue weighted by Gasteiger charge is 2.41. The van der Waals surface area contributed by atoms with Crippen molar-refractivity contribution in [3.8, 4) is 5.75 Å². The Morgan fingerprint density at radius 3 is 2.07 bits per heavy atom. The molecule has 0 saturated heterocycles. The van der Waals surface area contributed by atoms with E-state index in [0.717, 1.165) is 14.2 Å². The maximum atomic E-state index is 12.5. The third kappa shape index (κ3) is 5.79. The minimum atomic E-state index is -1.47. The molecule has 0 aliphatic rings. The summed E-state index contributed by atoms with van der Waals surface area (Å²) in [5, 5.41) is 2.38. The highest BCUT2D eigenvalue weighted by molar-refractivity contribution is 5.99. The first-order valence-corrected chi connectivity index (χ1v) is 8.16. The Morgan fingerprint density at radius 1 is 1.04 bits per heavy atom. The summed E-state index contributed by atoms with van der Waals surface area (Å²) >= 11 is 0. The first kappa shape index (κ1) is 22.6. The lowest BCUT2D eigenvalue weighted by molar-refractivity contribution is -0.162. The second-order valence-electron chi connectivity index (χ2n) is 5.86. The highest BCUT2D eigenvalue weighted by Crippen LogP contribution is 2.20. The van der Waals surface area contributed by atoms with Crippen LogP contribution in [0.25, 0.3) is 0 Å². The minimum absolute atomic E-state index is 0.0740. The number of primary amides is 1. The van der Waals surface area contributed by atoms with Gasteiger partial charge in [0.25, 0.3) is 5.91 Å². The van der Waals surface area contributed by atoms with Gasteiger partial charge in [-0.05, 0) is 18.2 Å². The van der Waals surface area contributed by atoms with Crippen molar-refractivity contribution in [2.45, 2.75) is 19.9 Å². The van der Waals surface area contributed by atoms with Crippen LogP contribution in [0.5, 0.6) is 5.75 Å². The number of methoxy groups -OCH3 is 2. The maximum Gasteiger partial charge on any atom is 0.320 e. The van der Waals surface area contributed by atoms with E-state index < -0.39 is 47.6 Å². The van der Waals surface area contributed by atoms with E-state index in [-0.39, 0.29) is 11.3 Å². The molecule has 0 spiro atoms. The number of benzene rings is 1. The maximum absolute atomic E-state index is 12.5. The van der Waals surface area contributed by atoms with Gasteiger partial charge in [-0.2, -0.15) is 0 Å². The summed E-state index contributed by atoms with van der Waals surface area (Å²) in [5.74, 6) is -6.52. The molecule has 0 aliphatic heterocycles. The zero-order valence-electron chi connectivity index (χ0n) is 15.9. The smallest absolute Gasteiger partial charge is 0.320 e. The summed E-state index contributed by atoms with van der Waals surface area (Å²) < 4.78 is 14.1. The fourth-order valence-electron chi connectivity index (χ4n) is 2.52. The van der Waals surface area contributed by atoms with Gasteiger partial charge < -0.3 is 25.3 Å². The lowest BCUT2D eigenvalue weighted by Gasteiger charge is -2.26. The number of nitrogens with one attached hydrogen (secondary N) is 1. The van der Waals surface area contributed by atoms with Gasteiger partial charge >= 0.3 is 17.9 Å². The molecule has 1 aromatic rings. The fraction of sp³-hybridized carbons (Fsp3) is 0.389. The Kier molecular flexibility index (Phi) is 8.11. The molecule has 152 valence electrons. The zero-order valence-corrected chi connectivity index (χ0v) is 15.9. The van der Waals surface area contributed by atoms with E-state index in [1.54, 1.807) is 0 Å². The van der Waals surface area contributed by atoms with E-state index in [1.165, 1.54) is 38.1 Å². The molecule has 1 aromatic carbocycles. The molecule has 28 heavy (non-hydrogen) atoms. The van der Waals surface area contributed by atoms with Crippen molar-refractivity contribution in [1.82, 2.24) is 5.32 Å². The van der Waals surface area contributed by atoms with Gasteiger partial charge in [-0.15, -0.1) is 0 Å². The van der Waals surface area contributed by atoms with Crippen molar-refractivity contribution in [2.75, 3.05) is 14.2 Å². The van der Waals surface area contributed by atoms with Crippen LogP contribution in [0.3, 0.4) is 0 Å². The van der Waals surface area contributed by atoms with E-state index in [9.17, 15) is 24.0 Å². The molecule has 0 aliphatic carbocycles. The minimum Gasteiger partial charge on any atom is -0.468 e. The summed E-state index contributed by atoms with van der Waals surface area (Å²) in [6, 6.07) is 4.27. The Hall–Kier alpha value is -3.43. The van der Waals surface area contributed by atoms with Crippen LogP contribution < -0.4 is 15.8 Å². The second-order valence-corrected chi connectivity index (χ2v) is 5.86. The van der Waals surface area contributed by atoms with Crippen molar-refractivity contribution in [2.24, 2.45) is 17.6 Å². The van der Waals surface area contributed by atoms with Crippen LogP contribution in [0.4, 0.5) is 0 Å². The number of carbonyl (C=O) groups is 5. The molecule has 2 amide bonds. The van der Waals surface area contributed by atoms with Gasteiger partial charge in [0.15, 0.2) is 5.92 Å². The van der Waals surface area contributed by atoms with E-state index >= 15 is 0 Å². The van der Waals surface area contributed by atoms with E-state index in [0.29, 0.717) is 0 Å². The van der Waals surface area contributed by atoms with Crippen LogP contribution in [-0.2, 0) is 28.7 Å². The van der Waals surface area contributed by atoms with Crippen LogP contribution in [0.15, 0.2) is 24.3 Å². The lowest BCUT2D eigenvalue weighted by atomic mass is 9.86. The normalized spacial score (nSPS) is 12.5. The van der Waals surface area contributed by atoms with Crippen molar-refractivity contribution < 1.29 is 38.2 Å². The largest absolute Gasteiger partial charge is 0.468 e. The molecule has 0 fully saturated rings. The molecule has 0 radical (unpaired) electrons. The van der Waals surface area contributed by atoms with Gasteiger partial charge in [0.2, 0.25) is 5.91 Å². The van der Waals surface area contributed by atoms with E-state index in [2.05, 4.69) is 14.8 Å². The number of ether oxygens (including phenoxy) is 3. The molecule has 3 N–H and O–H groups in total. The summed E-state index contributed by atoms with van der Waals surface area (Å²) in [7, 11) is 2.15. The van der Waals surface area contributed by atoms with E-state index in [1.807, 2.05) is 0 Å². The number of hydrogen-bond donors (Lipinski definition) is 2. The first-order chi connectivity index (χ1) is 13.1. The van der Waals surface area contributed by atoms with Crippen LogP contribution in [0.1, 0.15) is 24.2 Å². The topological polar surface area (TPSA) is 151 Å². The molecular weight excluding hydrogens is 372 g/mol. The van der Waals surface area contributed by atoms with Crippen LogP contribution in [-0.4, -0.2) is 50.0 Å². The predicted molar refractivity (Wildman–Crippen MR) is 94.9 cm³/mol. The summed E-state index contributed by atoms with van der Waals surface area (Å²) in [6.07, 6.45) is 0. The highest BCUT2D eigenvalue weighted by atomic mass is 16.5. The SMILES string of the molecule is COC(=O)C(C(=O)OC)[C@H](C)[C@@H](NC(=O)c1cccc(OC(C)=O)c1)C(N)=O. The molecule has 0 aromatic heterocycles. The number of hydrogen-bond acceptors (Lipinski definition) is 8. The van der Waals surface area contributed by atoms with Gasteiger partial charge in [-0.25, -0.2) is 0 Å². The van der Waals surface area contributed by atoms with Gasteiger partial charge in [0, 0.05) is 18.4 Å². The summed E-state index contributed by atoms with van der Waals surface area (Å²) in [6.45, 7) is 2.58. The number of rotatable bonds is 8. The second kappa shape index (κ2) is 10.0. The van der Waals surface area contributed by atoms with Crippen molar-refractivity contribution in [3.63, 3.8) is 0 Å². The Bertz CT molecular complexity index is 761. The average Bonchev–Trinajstić information content (AvgIpc) is 2.64. The molecule has 0 unspecified atom stereocenters. The third-order valence-electron chi connectivity index (χ3n) is 3.91. The Balaban J connectivity index is 3.10. The molecule has 10 nitrogen and oxygen atoms in total. The van der Waals surface area contributed by atoms with Gasteiger partial charge in [-0.3, -0.25) is 24.0 Å². The molecule has 1 rings (SSSR count).